The monoisotopic (exact) mass is 1020 g/mol. The molecule has 0 rings (SSSR count). The average Bonchev–Trinajstić information content (AvgIpc) is 3.38. The minimum Gasteiger partial charge on any atom is -0.466 e. The van der Waals surface area contributed by atoms with Gasteiger partial charge in [0.05, 0.1) is 25.4 Å². The molecule has 0 radical (unpaired) electrons. The second-order valence-corrected chi connectivity index (χ2v) is 22.8. The summed E-state index contributed by atoms with van der Waals surface area (Å²) in [5.74, 6) is -0.0506. The van der Waals surface area contributed by atoms with E-state index >= 15 is 0 Å². The van der Waals surface area contributed by atoms with E-state index in [0.717, 1.165) is 70.6 Å². The van der Waals surface area contributed by atoms with Crippen LogP contribution in [-0.2, 0) is 14.3 Å². The Labute approximate surface area is 450 Å². The van der Waals surface area contributed by atoms with Gasteiger partial charge in [0, 0.05) is 12.8 Å². The lowest BCUT2D eigenvalue weighted by Gasteiger charge is -2.22. The highest BCUT2D eigenvalue weighted by atomic mass is 16.5. The van der Waals surface area contributed by atoms with Crippen molar-refractivity contribution in [3.8, 4) is 0 Å². The molecule has 72 heavy (non-hydrogen) atoms. The summed E-state index contributed by atoms with van der Waals surface area (Å²) in [6, 6.07) is -0.553. The topological polar surface area (TPSA) is 95.9 Å². The molecule has 0 saturated carbocycles. The van der Waals surface area contributed by atoms with Crippen molar-refractivity contribution in [2.24, 2.45) is 0 Å². The Morgan fingerprint density at radius 2 is 0.653 bits per heavy atom. The van der Waals surface area contributed by atoms with Crippen molar-refractivity contribution in [1.29, 1.82) is 0 Å². The highest BCUT2D eigenvalue weighted by molar-refractivity contribution is 5.76. The first-order valence-electron chi connectivity index (χ1n) is 32.9. The molecule has 0 aromatic rings. The van der Waals surface area contributed by atoms with Gasteiger partial charge >= 0.3 is 5.97 Å². The average molecular weight is 1020 g/mol. The third kappa shape index (κ3) is 57.9. The molecule has 6 nitrogen and oxygen atoms in total. The number of ether oxygens (including phenoxy) is 1. The van der Waals surface area contributed by atoms with E-state index in [9.17, 15) is 19.8 Å². The van der Waals surface area contributed by atoms with Crippen molar-refractivity contribution in [3.05, 3.63) is 12.2 Å². The maximum absolute atomic E-state index is 12.5. The number of hydrogen-bond donors (Lipinski definition) is 3. The van der Waals surface area contributed by atoms with Crippen molar-refractivity contribution in [3.63, 3.8) is 0 Å². The summed E-state index contributed by atoms with van der Waals surface area (Å²) in [5.41, 5.74) is 0. The zero-order chi connectivity index (χ0) is 52.2. The molecule has 2 atom stereocenters. The highest BCUT2D eigenvalue weighted by Crippen LogP contribution is 2.19. The van der Waals surface area contributed by atoms with Crippen molar-refractivity contribution in [2.45, 2.75) is 386 Å². The van der Waals surface area contributed by atoms with Crippen molar-refractivity contribution in [2.75, 3.05) is 13.2 Å². The van der Waals surface area contributed by atoms with Crippen LogP contribution < -0.4 is 5.32 Å². The number of amides is 1. The Bertz CT molecular complexity index is 1080. The Morgan fingerprint density at radius 1 is 0.375 bits per heavy atom. The first-order chi connectivity index (χ1) is 35.5. The van der Waals surface area contributed by atoms with E-state index in [1.54, 1.807) is 0 Å². The van der Waals surface area contributed by atoms with Gasteiger partial charge in [0.15, 0.2) is 0 Å². The molecule has 428 valence electrons. The lowest BCUT2D eigenvalue weighted by atomic mass is 10.0. The van der Waals surface area contributed by atoms with Gasteiger partial charge in [0.25, 0.3) is 0 Å². The number of aliphatic hydroxyl groups excluding tert-OH is 2. The molecule has 0 aromatic carbocycles. The van der Waals surface area contributed by atoms with Gasteiger partial charge in [-0.1, -0.05) is 321 Å². The summed E-state index contributed by atoms with van der Waals surface area (Å²) in [6.45, 7) is 4.96. The lowest BCUT2D eigenvalue weighted by Crippen LogP contribution is -2.45. The third-order valence-electron chi connectivity index (χ3n) is 15.6. The van der Waals surface area contributed by atoms with E-state index in [1.807, 2.05) is 0 Å². The van der Waals surface area contributed by atoms with Crippen LogP contribution in [0.5, 0.6) is 0 Å². The van der Waals surface area contributed by atoms with Crippen LogP contribution in [0.4, 0.5) is 0 Å². The number of nitrogens with one attached hydrogen (secondary N) is 1. The van der Waals surface area contributed by atoms with Crippen LogP contribution in [0.1, 0.15) is 373 Å². The summed E-state index contributed by atoms with van der Waals surface area (Å²) in [4.78, 5) is 24.6. The summed E-state index contributed by atoms with van der Waals surface area (Å²) in [7, 11) is 0. The first kappa shape index (κ1) is 70.6. The molecule has 0 aliphatic carbocycles. The lowest BCUT2D eigenvalue weighted by molar-refractivity contribution is -0.143. The second-order valence-electron chi connectivity index (χ2n) is 22.8. The number of esters is 1. The molecule has 0 aliphatic rings. The standard InChI is InChI=1S/C66H129NO5/c1-3-5-7-9-11-13-15-17-19-21-22-23-24-25-26-27-28-30-34-38-42-46-50-54-58-64(69)63(62-68)67-65(70)59-55-51-47-43-39-35-31-29-33-37-41-45-49-53-57-61-72-66(71)60-56-52-48-44-40-36-32-20-18-16-14-12-10-8-6-4-2/h33,37,63-64,68-69H,3-32,34-36,38-62H2,1-2H3,(H,67,70)/b37-33-. The largest absolute Gasteiger partial charge is 0.466 e. The molecule has 1 amide bonds. The predicted octanol–water partition coefficient (Wildman–Crippen LogP) is 20.8. The molecule has 0 fully saturated rings. The maximum Gasteiger partial charge on any atom is 0.305 e. The van der Waals surface area contributed by atoms with Crippen LogP contribution >= 0.6 is 0 Å². The summed E-state index contributed by atoms with van der Waals surface area (Å²) in [6.07, 6.45) is 75.2. The van der Waals surface area contributed by atoms with Gasteiger partial charge in [-0.3, -0.25) is 9.59 Å². The summed E-state index contributed by atoms with van der Waals surface area (Å²) >= 11 is 0. The van der Waals surface area contributed by atoms with Crippen molar-refractivity contribution < 1.29 is 24.5 Å². The van der Waals surface area contributed by atoms with Crippen molar-refractivity contribution in [1.82, 2.24) is 5.32 Å². The first-order valence-corrected chi connectivity index (χ1v) is 32.9. The molecule has 6 heteroatoms. The molecule has 0 heterocycles. The quantitative estimate of drug-likeness (QED) is 0.0320. The minimum atomic E-state index is -0.675. The van der Waals surface area contributed by atoms with Gasteiger partial charge in [-0.15, -0.1) is 0 Å². The smallest absolute Gasteiger partial charge is 0.305 e. The van der Waals surface area contributed by atoms with Gasteiger partial charge in [0.2, 0.25) is 5.91 Å². The van der Waals surface area contributed by atoms with E-state index in [0.29, 0.717) is 25.9 Å². The number of carbonyl (C=O) groups excluding carboxylic acids is 2. The number of unbranched alkanes of at least 4 members (excludes halogenated alkanes) is 49. The number of rotatable bonds is 62. The summed E-state index contributed by atoms with van der Waals surface area (Å²) in [5, 5.41) is 23.4. The van der Waals surface area contributed by atoms with Crippen LogP contribution in [0.15, 0.2) is 12.2 Å². The van der Waals surface area contributed by atoms with E-state index in [2.05, 4.69) is 31.3 Å². The van der Waals surface area contributed by atoms with E-state index in [1.165, 1.54) is 270 Å². The number of hydrogen-bond acceptors (Lipinski definition) is 5. The van der Waals surface area contributed by atoms with Gasteiger partial charge in [-0.25, -0.2) is 0 Å². The van der Waals surface area contributed by atoms with E-state index < -0.39 is 12.1 Å². The van der Waals surface area contributed by atoms with Crippen LogP contribution in [0, 0.1) is 0 Å². The molecule has 3 N–H and O–H groups in total. The molecule has 0 aliphatic heterocycles. The van der Waals surface area contributed by atoms with Gasteiger partial charge in [-0.2, -0.15) is 0 Å². The van der Waals surface area contributed by atoms with Crippen LogP contribution in [0.2, 0.25) is 0 Å². The molecule has 0 saturated heterocycles. The number of aliphatic hydroxyl groups is 2. The van der Waals surface area contributed by atoms with Gasteiger partial charge < -0.3 is 20.3 Å². The summed E-state index contributed by atoms with van der Waals surface area (Å²) < 4.78 is 5.48. The fraction of sp³-hybridized carbons (Fsp3) is 0.939. The molecular weight excluding hydrogens is 887 g/mol. The molecular formula is C66H129NO5. The van der Waals surface area contributed by atoms with Crippen LogP contribution in [0.3, 0.4) is 0 Å². The zero-order valence-electron chi connectivity index (χ0n) is 48.9. The fourth-order valence-corrected chi connectivity index (χ4v) is 10.5. The van der Waals surface area contributed by atoms with Gasteiger partial charge in [-0.05, 0) is 51.4 Å². The minimum absolute atomic E-state index is 0.00522. The molecule has 2 unspecified atom stereocenters. The normalized spacial score (nSPS) is 12.6. The number of allylic oxidation sites excluding steroid dienone is 2. The fourth-order valence-electron chi connectivity index (χ4n) is 10.5. The highest BCUT2D eigenvalue weighted by Gasteiger charge is 2.20. The Balaban J connectivity index is 3.44. The Hall–Kier alpha value is -1.40. The van der Waals surface area contributed by atoms with Crippen molar-refractivity contribution >= 4 is 11.9 Å². The van der Waals surface area contributed by atoms with E-state index in [-0.39, 0.29) is 18.5 Å². The Morgan fingerprint density at radius 3 is 0.986 bits per heavy atom. The van der Waals surface area contributed by atoms with Crippen LogP contribution in [-0.4, -0.2) is 47.4 Å². The zero-order valence-corrected chi connectivity index (χ0v) is 48.9. The predicted molar refractivity (Wildman–Crippen MR) is 315 cm³/mol. The molecule has 0 bridgehead atoms. The number of carbonyl (C=O) groups is 2. The molecule has 0 spiro atoms. The van der Waals surface area contributed by atoms with Gasteiger partial charge in [0.1, 0.15) is 0 Å². The maximum atomic E-state index is 12.5. The van der Waals surface area contributed by atoms with E-state index in [4.69, 9.17) is 4.74 Å². The SMILES string of the molecule is CCCCCCCCCCCCCCCCCCCCCCCCCCC(O)C(CO)NC(=O)CCCCCCCCC/C=C\CCCCCCOC(=O)CCCCCCCCCCCCCCCCCC. The molecule has 0 aromatic heterocycles. The Kier molecular flexibility index (Phi) is 60.9. The van der Waals surface area contributed by atoms with Crippen LogP contribution in [0.25, 0.3) is 0 Å². The second kappa shape index (κ2) is 62.1. The third-order valence-corrected chi connectivity index (χ3v) is 15.6.